The van der Waals surface area contributed by atoms with Crippen LogP contribution in [-0.2, 0) is 4.79 Å². The van der Waals surface area contributed by atoms with E-state index < -0.39 is 11.7 Å². The predicted molar refractivity (Wildman–Crippen MR) is 71.1 cm³/mol. The van der Waals surface area contributed by atoms with Gasteiger partial charge in [0.1, 0.15) is 0 Å². The van der Waals surface area contributed by atoms with Crippen molar-refractivity contribution in [3.63, 3.8) is 0 Å². The van der Waals surface area contributed by atoms with Crippen LogP contribution in [0, 0.1) is 5.92 Å². The van der Waals surface area contributed by atoms with Crippen molar-refractivity contribution in [2.24, 2.45) is 5.92 Å². The van der Waals surface area contributed by atoms with E-state index in [-0.39, 0.29) is 18.2 Å². The van der Waals surface area contributed by atoms with E-state index in [9.17, 15) is 15.0 Å². The minimum absolute atomic E-state index is 0.0803. The molecule has 1 amide bonds. The molecule has 4 heteroatoms. The van der Waals surface area contributed by atoms with E-state index in [0.29, 0.717) is 6.54 Å². The maximum absolute atomic E-state index is 11.6. The Morgan fingerprint density at radius 2 is 1.78 bits per heavy atom. The van der Waals surface area contributed by atoms with Gasteiger partial charge in [0, 0.05) is 6.54 Å². The fraction of sp³-hybridized carbons (Fsp3) is 0.929. The first-order chi connectivity index (χ1) is 8.43. The van der Waals surface area contributed by atoms with Crippen LogP contribution in [0.4, 0.5) is 0 Å². The topological polar surface area (TPSA) is 69.6 Å². The van der Waals surface area contributed by atoms with Gasteiger partial charge in [-0.2, -0.15) is 0 Å². The van der Waals surface area contributed by atoms with Gasteiger partial charge >= 0.3 is 0 Å². The van der Waals surface area contributed by atoms with Gasteiger partial charge in [-0.1, -0.05) is 39.5 Å². The number of hydrogen-bond acceptors (Lipinski definition) is 3. The lowest BCUT2D eigenvalue weighted by Gasteiger charge is -2.27. The third-order valence-electron chi connectivity index (χ3n) is 3.81. The highest BCUT2D eigenvalue weighted by atomic mass is 16.3. The largest absolute Gasteiger partial charge is 0.392 e. The molecule has 1 fully saturated rings. The first-order valence-electron chi connectivity index (χ1n) is 7.10. The molecular weight excluding hydrogens is 230 g/mol. The summed E-state index contributed by atoms with van der Waals surface area (Å²) >= 11 is 0. The lowest BCUT2D eigenvalue weighted by molar-refractivity contribution is -0.125. The van der Waals surface area contributed by atoms with Crippen molar-refractivity contribution in [3.8, 4) is 0 Å². The molecule has 0 saturated heterocycles. The summed E-state index contributed by atoms with van der Waals surface area (Å²) in [6.07, 6.45) is 5.44. The van der Waals surface area contributed by atoms with Gasteiger partial charge in [-0.3, -0.25) is 4.79 Å². The van der Waals surface area contributed by atoms with Crippen LogP contribution in [-0.4, -0.2) is 34.4 Å². The number of rotatable bonds is 5. The molecule has 3 N–H and O–H groups in total. The van der Waals surface area contributed by atoms with E-state index >= 15 is 0 Å². The van der Waals surface area contributed by atoms with Gasteiger partial charge in [-0.05, 0) is 18.8 Å². The van der Waals surface area contributed by atoms with Gasteiger partial charge in [-0.15, -0.1) is 0 Å². The summed E-state index contributed by atoms with van der Waals surface area (Å²) in [6.45, 7) is 4.09. The van der Waals surface area contributed by atoms with Gasteiger partial charge < -0.3 is 15.5 Å². The highest BCUT2D eigenvalue weighted by molar-refractivity contribution is 5.76. The smallest absolute Gasteiger partial charge is 0.222 e. The van der Waals surface area contributed by atoms with E-state index in [2.05, 4.69) is 5.32 Å². The molecule has 1 unspecified atom stereocenters. The van der Waals surface area contributed by atoms with Gasteiger partial charge in [0.15, 0.2) is 0 Å². The van der Waals surface area contributed by atoms with Crippen molar-refractivity contribution in [3.05, 3.63) is 0 Å². The summed E-state index contributed by atoms with van der Waals surface area (Å²) in [5.74, 6) is -0.0920. The van der Waals surface area contributed by atoms with Crippen molar-refractivity contribution in [2.45, 2.75) is 70.5 Å². The molecule has 1 rings (SSSR count). The molecule has 4 nitrogen and oxygen atoms in total. The van der Waals surface area contributed by atoms with Gasteiger partial charge in [0.2, 0.25) is 5.91 Å². The van der Waals surface area contributed by atoms with Gasteiger partial charge in [0.05, 0.1) is 18.1 Å². The Hall–Kier alpha value is -0.610. The lowest BCUT2D eigenvalue weighted by Crippen LogP contribution is -2.43. The zero-order valence-corrected chi connectivity index (χ0v) is 11.6. The molecule has 0 spiro atoms. The first-order valence-corrected chi connectivity index (χ1v) is 7.10. The average molecular weight is 257 g/mol. The number of aliphatic hydroxyl groups excluding tert-OH is 1. The third-order valence-corrected chi connectivity index (χ3v) is 3.81. The second-order valence-electron chi connectivity index (χ2n) is 5.93. The molecule has 1 aliphatic carbocycles. The van der Waals surface area contributed by atoms with E-state index in [4.69, 9.17) is 0 Å². The second-order valence-corrected chi connectivity index (χ2v) is 5.93. The Balaban J connectivity index is 2.32. The summed E-state index contributed by atoms with van der Waals surface area (Å²) in [4.78, 5) is 11.6. The maximum atomic E-state index is 11.6. The molecule has 0 heterocycles. The van der Waals surface area contributed by atoms with Gasteiger partial charge in [-0.25, -0.2) is 0 Å². The van der Waals surface area contributed by atoms with E-state index in [1.807, 2.05) is 13.8 Å². The van der Waals surface area contributed by atoms with Crippen molar-refractivity contribution in [1.29, 1.82) is 0 Å². The Bertz CT molecular complexity index is 258. The monoisotopic (exact) mass is 257 g/mol. The molecular formula is C14H27NO3. The highest BCUT2D eigenvalue weighted by Crippen LogP contribution is 2.26. The van der Waals surface area contributed by atoms with Crippen LogP contribution in [0.15, 0.2) is 0 Å². The minimum atomic E-state index is -0.741. The van der Waals surface area contributed by atoms with Crippen LogP contribution in [0.25, 0.3) is 0 Å². The SMILES string of the molecule is CC(C)C(O)CC(=O)NCC1(O)CCCCCC1. The Labute approximate surface area is 110 Å². The summed E-state index contributed by atoms with van der Waals surface area (Å²) in [7, 11) is 0. The quantitative estimate of drug-likeness (QED) is 0.655. The highest BCUT2D eigenvalue weighted by Gasteiger charge is 2.28. The van der Waals surface area contributed by atoms with Crippen molar-refractivity contribution >= 4 is 5.91 Å². The maximum Gasteiger partial charge on any atom is 0.222 e. The lowest BCUT2D eigenvalue weighted by atomic mass is 9.94. The Kier molecular flexibility index (Phi) is 6.09. The standard InChI is InChI=1S/C14H27NO3/c1-11(2)12(16)9-13(17)15-10-14(18)7-5-3-4-6-8-14/h11-12,16,18H,3-10H2,1-2H3,(H,15,17). The number of carbonyl (C=O) groups is 1. The Morgan fingerprint density at radius 1 is 1.22 bits per heavy atom. The predicted octanol–water partition coefficient (Wildman–Crippen LogP) is 1.59. The first kappa shape index (κ1) is 15.4. The molecule has 18 heavy (non-hydrogen) atoms. The fourth-order valence-electron chi connectivity index (χ4n) is 2.32. The molecule has 0 aromatic heterocycles. The Morgan fingerprint density at radius 3 is 2.28 bits per heavy atom. The molecule has 1 saturated carbocycles. The molecule has 106 valence electrons. The fourth-order valence-corrected chi connectivity index (χ4v) is 2.32. The normalized spacial score (nSPS) is 21.4. The average Bonchev–Trinajstić information content (AvgIpc) is 2.52. The van der Waals surface area contributed by atoms with Crippen LogP contribution in [0.1, 0.15) is 58.8 Å². The molecule has 0 aromatic rings. The number of carbonyl (C=O) groups excluding carboxylic acids is 1. The summed E-state index contributed by atoms with van der Waals surface area (Å²) in [5, 5.41) is 22.7. The second kappa shape index (κ2) is 7.10. The number of aliphatic hydroxyl groups is 2. The van der Waals surface area contributed by atoms with E-state index in [1.165, 1.54) is 12.8 Å². The van der Waals surface area contributed by atoms with Crippen LogP contribution < -0.4 is 5.32 Å². The molecule has 0 aliphatic heterocycles. The van der Waals surface area contributed by atoms with Crippen molar-refractivity contribution in [1.82, 2.24) is 5.32 Å². The summed E-state index contributed by atoms with van der Waals surface area (Å²) < 4.78 is 0. The van der Waals surface area contributed by atoms with E-state index in [0.717, 1.165) is 25.7 Å². The van der Waals surface area contributed by atoms with Crippen LogP contribution in [0.2, 0.25) is 0 Å². The summed E-state index contributed by atoms with van der Waals surface area (Å²) in [6, 6.07) is 0. The third kappa shape index (κ3) is 5.36. The van der Waals surface area contributed by atoms with Crippen LogP contribution >= 0.6 is 0 Å². The number of hydrogen-bond donors (Lipinski definition) is 3. The van der Waals surface area contributed by atoms with E-state index in [1.54, 1.807) is 0 Å². The van der Waals surface area contributed by atoms with Crippen molar-refractivity contribution in [2.75, 3.05) is 6.54 Å². The van der Waals surface area contributed by atoms with Gasteiger partial charge in [0.25, 0.3) is 0 Å². The number of amides is 1. The molecule has 0 aromatic carbocycles. The molecule has 1 aliphatic rings. The summed E-state index contributed by atoms with van der Waals surface area (Å²) in [5.41, 5.74) is -0.741. The number of nitrogens with one attached hydrogen (secondary N) is 1. The zero-order chi connectivity index (χ0) is 13.6. The molecule has 1 atom stereocenters. The van der Waals surface area contributed by atoms with Crippen molar-refractivity contribution < 1.29 is 15.0 Å². The van der Waals surface area contributed by atoms with Crippen LogP contribution in [0.5, 0.6) is 0 Å². The zero-order valence-electron chi connectivity index (χ0n) is 11.6. The molecule has 0 radical (unpaired) electrons. The van der Waals surface area contributed by atoms with Crippen LogP contribution in [0.3, 0.4) is 0 Å². The molecule has 0 bridgehead atoms. The minimum Gasteiger partial charge on any atom is -0.392 e.